The van der Waals surface area contributed by atoms with Crippen molar-refractivity contribution in [2.75, 3.05) is 53.4 Å². The predicted molar refractivity (Wildman–Crippen MR) is 56.7 cm³/mol. The Morgan fingerprint density at radius 1 is 1.33 bits per heavy atom. The highest BCUT2D eigenvalue weighted by Gasteiger charge is 2.53. The number of rotatable bonds is 2. The van der Waals surface area contributed by atoms with Gasteiger partial charge in [-0.05, 0) is 7.05 Å². The van der Waals surface area contributed by atoms with Crippen molar-refractivity contribution in [1.82, 2.24) is 15.1 Å². The fraction of sp³-hybridized carbons (Fsp3) is 0.900. The molecule has 0 aromatic rings. The van der Waals surface area contributed by atoms with Crippen molar-refractivity contribution in [1.29, 1.82) is 0 Å². The molecule has 0 saturated carbocycles. The summed E-state index contributed by atoms with van der Waals surface area (Å²) in [6, 6.07) is 0. The smallest absolute Gasteiger partial charge is 0.328 e. The van der Waals surface area contributed by atoms with Crippen LogP contribution in [0.3, 0.4) is 0 Å². The minimum atomic E-state index is -0.369. The van der Waals surface area contributed by atoms with Gasteiger partial charge in [0.05, 0.1) is 7.11 Å². The maximum Gasteiger partial charge on any atom is 0.328 e. The summed E-state index contributed by atoms with van der Waals surface area (Å²) >= 11 is 0. The van der Waals surface area contributed by atoms with Crippen LogP contribution in [0.25, 0.3) is 0 Å². The zero-order chi connectivity index (χ0) is 10.9. The molecule has 5 nitrogen and oxygen atoms in total. The predicted octanol–water partition coefficient (Wildman–Crippen LogP) is -1.25. The number of hydrogen-bond acceptors (Lipinski definition) is 5. The standard InChI is InChI=1S/C10H19N3O2/c1-12-7-10(8-12,9(14)15-2)13-5-3-11-4-6-13/h11H,3-8H2,1-2H3. The highest BCUT2D eigenvalue weighted by Crippen LogP contribution is 2.28. The van der Waals surface area contributed by atoms with E-state index >= 15 is 0 Å². The Morgan fingerprint density at radius 2 is 1.93 bits per heavy atom. The summed E-state index contributed by atoms with van der Waals surface area (Å²) in [5, 5.41) is 3.30. The third-order valence-corrected chi connectivity index (χ3v) is 3.35. The number of esters is 1. The molecular formula is C10H19N3O2. The lowest BCUT2D eigenvalue weighted by atomic mass is 9.87. The molecule has 2 aliphatic rings. The number of hydrogen-bond donors (Lipinski definition) is 1. The van der Waals surface area contributed by atoms with E-state index in [1.807, 2.05) is 7.05 Å². The summed E-state index contributed by atoms with van der Waals surface area (Å²) in [6.45, 7) is 5.37. The van der Waals surface area contributed by atoms with E-state index in [1.54, 1.807) is 0 Å². The number of nitrogens with one attached hydrogen (secondary N) is 1. The molecule has 0 amide bonds. The molecule has 0 aliphatic carbocycles. The minimum Gasteiger partial charge on any atom is -0.468 e. The number of likely N-dealkylation sites (N-methyl/N-ethyl adjacent to an activating group) is 1. The van der Waals surface area contributed by atoms with E-state index in [0.29, 0.717) is 0 Å². The molecule has 86 valence electrons. The van der Waals surface area contributed by atoms with E-state index in [1.165, 1.54) is 7.11 Å². The lowest BCUT2D eigenvalue weighted by Crippen LogP contribution is -2.75. The van der Waals surface area contributed by atoms with Crippen LogP contribution >= 0.6 is 0 Å². The number of ether oxygens (including phenoxy) is 1. The molecule has 0 spiro atoms. The summed E-state index contributed by atoms with van der Waals surface area (Å²) < 4.78 is 4.93. The first-order chi connectivity index (χ1) is 7.19. The van der Waals surface area contributed by atoms with Crippen LogP contribution in [0.15, 0.2) is 0 Å². The average molecular weight is 213 g/mol. The van der Waals surface area contributed by atoms with Crippen molar-refractivity contribution in [2.45, 2.75) is 5.54 Å². The third kappa shape index (κ3) is 1.75. The Bertz CT molecular complexity index is 245. The first kappa shape index (κ1) is 10.9. The largest absolute Gasteiger partial charge is 0.468 e. The molecule has 5 heteroatoms. The molecule has 2 aliphatic heterocycles. The minimum absolute atomic E-state index is 0.0810. The fourth-order valence-electron chi connectivity index (χ4n) is 2.59. The molecule has 2 rings (SSSR count). The summed E-state index contributed by atoms with van der Waals surface area (Å²) in [7, 11) is 3.51. The molecule has 15 heavy (non-hydrogen) atoms. The topological polar surface area (TPSA) is 44.8 Å². The van der Waals surface area contributed by atoms with Gasteiger partial charge in [0.1, 0.15) is 5.54 Å². The van der Waals surface area contributed by atoms with Crippen molar-refractivity contribution >= 4 is 5.97 Å². The van der Waals surface area contributed by atoms with Crippen LogP contribution in [0.4, 0.5) is 0 Å². The average Bonchev–Trinajstić information content (AvgIpc) is 2.24. The summed E-state index contributed by atoms with van der Waals surface area (Å²) in [4.78, 5) is 16.3. The van der Waals surface area contributed by atoms with Crippen LogP contribution in [-0.4, -0.2) is 74.7 Å². The zero-order valence-corrected chi connectivity index (χ0v) is 9.45. The van der Waals surface area contributed by atoms with Crippen molar-refractivity contribution in [2.24, 2.45) is 0 Å². The summed E-state index contributed by atoms with van der Waals surface area (Å²) in [5.41, 5.74) is -0.369. The molecular weight excluding hydrogens is 194 g/mol. The van der Waals surface area contributed by atoms with Gasteiger partial charge < -0.3 is 15.0 Å². The van der Waals surface area contributed by atoms with E-state index in [2.05, 4.69) is 15.1 Å². The summed E-state index contributed by atoms with van der Waals surface area (Å²) in [5.74, 6) is -0.0810. The monoisotopic (exact) mass is 213 g/mol. The Hall–Kier alpha value is -0.650. The van der Waals surface area contributed by atoms with Crippen molar-refractivity contribution < 1.29 is 9.53 Å². The molecule has 2 fully saturated rings. The van der Waals surface area contributed by atoms with Crippen LogP contribution in [0, 0.1) is 0 Å². The highest BCUT2D eigenvalue weighted by atomic mass is 16.5. The van der Waals surface area contributed by atoms with Gasteiger partial charge in [-0.3, -0.25) is 4.90 Å². The second kappa shape index (κ2) is 4.08. The van der Waals surface area contributed by atoms with Crippen LogP contribution in [0.1, 0.15) is 0 Å². The second-order valence-corrected chi connectivity index (χ2v) is 4.43. The van der Waals surface area contributed by atoms with Gasteiger partial charge in [-0.15, -0.1) is 0 Å². The molecule has 2 saturated heterocycles. The van der Waals surface area contributed by atoms with Gasteiger partial charge in [0.25, 0.3) is 0 Å². The number of carbonyl (C=O) groups excluding carboxylic acids is 1. The molecule has 0 atom stereocenters. The van der Waals surface area contributed by atoms with E-state index < -0.39 is 0 Å². The van der Waals surface area contributed by atoms with Gasteiger partial charge in [-0.25, -0.2) is 4.79 Å². The van der Waals surface area contributed by atoms with Crippen molar-refractivity contribution in [3.8, 4) is 0 Å². The van der Waals surface area contributed by atoms with Crippen LogP contribution in [0.2, 0.25) is 0 Å². The fourth-order valence-corrected chi connectivity index (χ4v) is 2.59. The first-order valence-electron chi connectivity index (χ1n) is 5.42. The summed E-state index contributed by atoms with van der Waals surface area (Å²) in [6.07, 6.45) is 0. The molecule has 0 aromatic carbocycles. The van der Waals surface area contributed by atoms with Gasteiger partial charge in [-0.1, -0.05) is 0 Å². The van der Waals surface area contributed by atoms with Crippen molar-refractivity contribution in [3.63, 3.8) is 0 Å². The lowest BCUT2D eigenvalue weighted by Gasteiger charge is -2.53. The van der Waals surface area contributed by atoms with E-state index in [9.17, 15) is 4.79 Å². The van der Waals surface area contributed by atoms with Crippen LogP contribution in [0.5, 0.6) is 0 Å². The number of nitrogens with zero attached hydrogens (tertiary/aromatic N) is 2. The van der Waals surface area contributed by atoms with Gasteiger partial charge in [0.15, 0.2) is 0 Å². The first-order valence-corrected chi connectivity index (χ1v) is 5.42. The van der Waals surface area contributed by atoms with E-state index in [0.717, 1.165) is 39.3 Å². The number of methoxy groups -OCH3 is 1. The maximum absolute atomic E-state index is 11.8. The zero-order valence-electron chi connectivity index (χ0n) is 9.45. The molecule has 0 radical (unpaired) electrons. The Morgan fingerprint density at radius 3 is 2.40 bits per heavy atom. The Kier molecular flexibility index (Phi) is 2.95. The second-order valence-electron chi connectivity index (χ2n) is 4.43. The molecule has 0 aromatic heterocycles. The Labute approximate surface area is 90.4 Å². The molecule has 1 N–H and O–H groups in total. The quantitative estimate of drug-likeness (QED) is 0.581. The number of piperazine rings is 1. The van der Waals surface area contributed by atoms with Crippen LogP contribution in [-0.2, 0) is 9.53 Å². The van der Waals surface area contributed by atoms with Gasteiger partial charge in [-0.2, -0.15) is 0 Å². The third-order valence-electron chi connectivity index (χ3n) is 3.35. The van der Waals surface area contributed by atoms with E-state index in [-0.39, 0.29) is 11.5 Å². The normalized spacial score (nSPS) is 27.1. The maximum atomic E-state index is 11.8. The molecule has 2 heterocycles. The SMILES string of the molecule is COC(=O)C1(N2CCNCC2)CN(C)C1. The van der Waals surface area contributed by atoms with Gasteiger partial charge in [0, 0.05) is 39.3 Å². The Balaban J connectivity index is 2.08. The number of carbonyl (C=O) groups is 1. The number of likely N-dealkylation sites (tertiary alicyclic amines) is 1. The molecule has 0 bridgehead atoms. The van der Waals surface area contributed by atoms with Crippen LogP contribution < -0.4 is 5.32 Å². The van der Waals surface area contributed by atoms with Gasteiger partial charge >= 0.3 is 5.97 Å². The highest BCUT2D eigenvalue weighted by molar-refractivity contribution is 5.83. The molecule has 0 unspecified atom stereocenters. The lowest BCUT2D eigenvalue weighted by molar-refractivity contribution is -0.168. The van der Waals surface area contributed by atoms with Crippen molar-refractivity contribution in [3.05, 3.63) is 0 Å². The van der Waals surface area contributed by atoms with E-state index in [4.69, 9.17) is 4.74 Å². The van der Waals surface area contributed by atoms with Gasteiger partial charge in [0.2, 0.25) is 0 Å².